The number of hydrogen-bond acceptors (Lipinski definition) is 7. The van der Waals surface area contributed by atoms with Crippen molar-refractivity contribution in [1.82, 2.24) is 9.62 Å². The van der Waals surface area contributed by atoms with Gasteiger partial charge in [-0.2, -0.15) is 4.31 Å². The van der Waals surface area contributed by atoms with Crippen molar-refractivity contribution in [2.75, 3.05) is 33.3 Å². The van der Waals surface area contributed by atoms with Gasteiger partial charge in [-0.1, -0.05) is 12.1 Å². The van der Waals surface area contributed by atoms with Gasteiger partial charge in [0.05, 0.1) is 18.0 Å². The number of carbonyl (C=O) groups excluding carboxylic acids is 1. The molecule has 2 saturated heterocycles. The highest BCUT2D eigenvalue weighted by Gasteiger charge is 2.57. The van der Waals surface area contributed by atoms with Crippen LogP contribution in [0, 0.1) is 21.4 Å². The summed E-state index contributed by atoms with van der Waals surface area (Å²) in [4.78, 5) is 22.1. The van der Waals surface area contributed by atoms with Crippen molar-refractivity contribution in [1.29, 1.82) is 0 Å². The molecular formula is C14H17N3O6S. The number of nitro groups is 1. The summed E-state index contributed by atoms with van der Waals surface area (Å²) in [5, 5.41) is 14.2. The Labute approximate surface area is 138 Å². The number of esters is 1. The predicted octanol–water partition coefficient (Wildman–Crippen LogP) is -0.0221. The summed E-state index contributed by atoms with van der Waals surface area (Å²) in [5.41, 5.74) is -0.983. The smallest absolute Gasteiger partial charge is 0.310 e. The number of sulfonamides is 1. The van der Waals surface area contributed by atoms with Crippen molar-refractivity contribution in [2.24, 2.45) is 11.3 Å². The molecule has 1 aromatic carbocycles. The van der Waals surface area contributed by atoms with Crippen LogP contribution in [0.3, 0.4) is 0 Å². The van der Waals surface area contributed by atoms with E-state index in [9.17, 15) is 23.3 Å². The standard InChI is InChI=1S/C14H17N3O6S/c1-23-13(18)10-6-16(9-14(10)7-15-8-14)24(21,22)12-5-3-2-4-11(12)17(19)20/h2-5,10,15H,6-9H2,1H3. The molecule has 1 N–H and O–H groups in total. The number of nitro benzene ring substituents is 1. The molecule has 0 saturated carbocycles. The first kappa shape index (κ1) is 16.8. The highest BCUT2D eigenvalue weighted by Crippen LogP contribution is 2.43. The quantitative estimate of drug-likeness (QED) is 0.458. The summed E-state index contributed by atoms with van der Waals surface area (Å²) in [6, 6.07) is 5.22. The molecule has 2 aliphatic heterocycles. The molecule has 0 bridgehead atoms. The molecule has 24 heavy (non-hydrogen) atoms. The lowest BCUT2D eigenvalue weighted by Crippen LogP contribution is -2.59. The van der Waals surface area contributed by atoms with Gasteiger partial charge in [0.1, 0.15) is 0 Å². The first-order valence-corrected chi connectivity index (χ1v) is 8.78. The molecule has 0 amide bonds. The van der Waals surface area contributed by atoms with E-state index in [0.717, 1.165) is 10.4 Å². The van der Waals surface area contributed by atoms with Crippen molar-refractivity contribution in [2.45, 2.75) is 4.90 Å². The normalized spacial score (nSPS) is 23.0. The highest BCUT2D eigenvalue weighted by molar-refractivity contribution is 7.89. The Hall–Kier alpha value is -2.04. The van der Waals surface area contributed by atoms with E-state index in [2.05, 4.69) is 5.32 Å². The van der Waals surface area contributed by atoms with Gasteiger partial charge in [-0.25, -0.2) is 8.42 Å². The zero-order valence-corrected chi connectivity index (χ0v) is 13.8. The first-order chi connectivity index (χ1) is 11.3. The van der Waals surface area contributed by atoms with E-state index in [1.165, 1.54) is 25.3 Å². The Bertz CT molecular complexity index is 789. The molecular weight excluding hydrogens is 338 g/mol. The van der Waals surface area contributed by atoms with E-state index < -0.39 is 37.9 Å². The fourth-order valence-corrected chi connectivity index (χ4v) is 5.05. The Morgan fingerprint density at radius 2 is 2.08 bits per heavy atom. The summed E-state index contributed by atoms with van der Waals surface area (Å²) in [7, 11) is -2.81. The van der Waals surface area contributed by atoms with E-state index >= 15 is 0 Å². The molecule has 9 nitrogen and oxygen atoms in total. The van der Waals surface area contributed by atoms with Gasteiger partial charge in [0, 0.05) is 37.7 Å². The third-order valence-corrected chi connectivity index (χ3v) is 6.60. The predicted molar refractivity (Wildman–Crippen MR) is 82.7 cm³/mol. The number of ether oxygens (including phenoxy) is 1. The molecule has 130 valence electrons. The Morgan fingerprint density at radius 1 is 1.42 bits per heavy atom. The average molecular weight is 355 g/mol. The van der Waals surface area contributed by atoms with Gasteiger partial charge in [0.15, 0.2) is 4.90 Å². The van der Waals surface area contributed by atoms with Gasteiger partial charge in [0.25, 0.3) is 5.69 Å². The van der Waals surface area contributed by atoms with Crippen LogP contribution in [0.4, 0.5) is 5.69 Å². The Kier molecular flexibility index (Phi) is 4.06. The second-order valence-corrected chi connectivity index (χ2v) is 7.97. The van der Waals surface area contributed by atoms with Crippen molar-refractivity contribution in [3.8, 4) is 0 Å². The lowest BCUT2D eigenvalue weighted by molar-refractivity contribution is -0.387. The first-order valence-electron chi connectivity index (χ1n) is 7.34. The molecule has 2 aliphatic rings. The number of carbonyl (C=O) groups is 1. The van der Waals surface area contributed by atoms with Crippen LogP contribution in [0.5, 0.6) is 0 Å². The van der Waals surface area contributed by atoms with E-state index in [1.54, 1.807) is 0 Å². The second kappa shape index (κ2) is 5.80. The number of benzene rings is 1. The van der Waals surface area contributed by atoms with Crippen molar-refractivity contribution < 1.29 is 22.9 Å². The second-order valence-electron chi connectivity index (χ2n) is 6.06. The molecule has 0 radical (unpaired) electrons. The van der Waals surface area contributed by atoms with Gasteiger partial charge in [-0.15, -0.1) is 0 Å². The molecule has 10 heteroatoms. The number of methoxy groups -OCH3 is 1. The van der Waals surface area contributed by atoms with Crippen LogP contribution in [0.2, 0.25) is 0 Å². The zero-order valence-electron chi connectivity index (χ0n) is 13.0. The Balaban J connectivity index is 1.97. The minimum absolute atomic E-state index is 0.0390. The third kappa shape index (κ3) is 2.46. The summed E-state index contributed by atoms with van der Waals surface area (Å²) in [5.74, 6) is -1.04. The lowest BCUT2D eigenvalue weighted by atomic mass is 9.73. The van der Waals surface area contributed by atoms with Crippen molar-refractivity contribution >= 4 is 21.7 Å². The van der Waals surface area contributed by atoms with Gasteiger partial charge >= 0.3 is 5.97 Å². The Morgan fingerprint density at radius 3 is 2.62 bits per heavy atom. The summed E-state index contributed by atoms with van der Waals surface area (Å²) in [6.07, 6.45) is 0. The van der Waals surface area contributed by atoms with E-state index in [4.69, 9.17) is 4.74 Å². The summed E-state index contributed by atoms with van der Waals surface area (Å²) >= 11 is 0. The molecule has 2 fully saturated rings. The molecule has 1 aromatic rings. The molecule has 1 atom stereocenters. The largest absolute Gasteiger partial charge is 0.469 e. The van der Waals surface area contributed by atoms with Crippen molar-refractivity contribution in [3.05, 3.63) is 34.4 Å². The topological polar surface area (TPSA) is 119 Å². The van der Waals surface area contributed by atoms with Crippen LogP contribution in [0.25, 0.3) is 0 Å². The molecule has 1 unspecified atom stereocenters. The molecule has 3 rings (SSSR count). The van der Waals surface area contributed by atoms with E-state index in [1.807, 2.05) is 0 Å². The van der Waals surface area contributed by atoms with Gasteiger partial charge in [-0.05, 0) is 6.07 Å². The molecule has 0 aromatic heterocycles. The summed E-state index contributed by atoms with van der Waals surface area (Å²) < 4.78 is 31.7. The molecule has 1 spiro atoms. The van der Waals surface area contributed by atoms with Gasteiger partial charge in [-0.3, -0.25) is 14.9 Å². The fourth-order valence-electron chi connectivity index (χ4n) is 3.34. The number of rotatable bonds is 4. The van der Waals surface area contributed by atoms with Crippen molar-refractivity contribution in [3.63, 3.8) is 0 Å². The molecule has 0 aliphatic carbocycles. The zero-order chi connectivity index (χ0) is 17.5. The maximum absolute atomic E-state index is 12.9. The lowest BCUT2D eigenvalue weighted by Gasteiger charge is -2.42. The average Bonchev–Trinajstić information content (AvgIpc) is 2.96. The van der Waals surface area contributed by atoms with Crippen LogP contribution >= 0.6 is 0 Å². The van der Waals surface area contributed by atoms with E-state index in [-0.39, 0.29) is 18.0 Å². The van der Waals surface area contributed by atoms with E-state index in [0.29, 0.717) is 13.1 Å². The maximum atomic E-state index is 12.9. The molecule has 2 heterocycles. The van der Waals surface area contributed by atoms with Crippen LogP contribution in [-0.4, -0.2) is 56.9 Å². The minimum atomic E-state index is -4.08. The fraction of sp³-hybridized carbons (Fsp3) is 0.500. The number of nitrogens with one attached hydrogen (secondary N) is 1. The van der Waals surface area contributed by atoms with Crippen LogP contribution < -0.4 is 5.32 Å². The number of hydrogen-bond donors (Lipinski definition) is 1. The highest BCUT2D eigenvalue weighted by atomic mass is 32.2. The van der Waals surface area contributed by atoms with Gasteiger partial charge in [0.2, 0.25) is 10.0 Å². The third-order valence-electron chi connectivity index (χ3n) is 4.74. The maximum Gasteiger partial charge on any atom is 0.310 e. The number of nitrogens with zero attached hydrogens (tertiary/aromatic N) is 2. The van der Waals surface area contributed by atoms with Gasteiger partial charge < -0.3 is 10.1 Å². The summed E-state index contributed by atoms with van der Waals surface area (Å²) in [6.45, 7) is 1.11. The minimum Gasteiger partial charge on any atom is -0.469 e. The van der Waals surface area contributed by atoms with Crippen LogP contribution in [0.15, 0.2) is 29.2 Å². The van der Waals surface area contributed by atoms with Crippen LogP contribution in [-0.2, 0) is 19.6 Å². The number of para-hydroxylation sites is 1. The van der Waals surface area contributed by atoms with Crippen LogP contribution in [0.1, 0.15) is 0 Å². The monoisotopic (exact) mass is 355 g/mol. The SMILES string of the molecule is COC(=O)C1CN(S(=O)(=O)c2ccccc2[N+](=O)[O-])CC12CNC2.